The number of rotatable bonds is 4. The summed E-state index contributed by atoms with van der Waals surface area (Å²) in [6.45, 7) is 6.51. The molecule has 0 aliphatic carbocycles. The minimum Gasteiger partial charge on any atom is -0.220 e. The van der Waals surface area contributed by atoms with Crippen molar-refractivity contribution in [3.8, 4) is 5.69 Å². The third kappa shape index (κ3) is 2.64. The molecule has 3 nitrogen and oxygen atoms in total. The molecule has 0 amide bonds. The van der Waals surface area contributed by atoms with E-state index in [9.17, 15) is 0 Å². The SMILES string of the molecule is CCC(Br)c1cn(-c2ccccc2C(C)C)nn1. The molecule has 1 aromatic carbocycles. The van der Waals surface area contributed by atoms with Gasteiger partial charge in [0.05, 0.1) is 22.4 Å². The standard InChI is InChI=1S/C14H18BrN3/c1-4-12(15)13-9-18(17-16-13)14-8-6-5-7-11(14)10(2)3/h5-10,12H,4H2,1-3H3. The molecule has 0 spiro atoms. The molecule has 0 saturated heterocycles. The van der Waals surface area contributed by atoms with E-state index in [1.165, 1.54) is 5.56 Å². The number of para-hydroxylation sites is 1. The quantitative estimate of drug-likeness (QED) is 0.791. The predicted octanol–water partition coefficient (Wildman–Crippen LogP) is 4.24. The Labute approximate surface area is 116 Å². The van der Waals surface area contributed by atoms with Crippen molar-refractivity contribution in [1.29, 1.82) is 0 Å². The largest absolute Gasteiger partial charge is 0.220 e. The summed E-state index contributed by atoms with van der Waals surface area (Å²) in [5.41, 5.74) is 3.38. The molecule has 0 saturated carbocycles. The minimum absolute atomic E-state index is 0.275. The summed E-state index contributed by atoms with van der Waals surface area (Å²) < 4.78 is 1.87. The lowest BCUT2D eigenvalue weighted by molar-refractivity contribution is 0.765. The Balaban J connectivity index is 2.40. The summed E-state index contributed by atoms with van der Waals surface area (Å²) in [6, 6.07) is 8.33. The maximum absolute atomic E-state index is 4.24. The number of benzene rings is 1. The second-order valence-corrected chi connectivity index (χ2v) is 5.78. The maximum Gasteiger partial charge on any atom is 0.0967 e. The predicted molar refractivity (Wildman–Crippen MR) is 77.4 cm³/mol. The topological polar surface area (TPSA) is 30.7 Å². The molecular formula is C14H18BrN3. The van der Waals surface area contributed by atoms with Gasteiger partial charge in [0.1, 0.15) is 0 Å². The van der Waals surface area contributed by atoms with Crippen LogP contribution in [0.4, 0.5) is 0 Å². The van der Waals surface area contributed by atoms with Crippen LogP contribution in [0, 0.1) is 0 Å². The van der Waals surface area contributed by atoms with Gasteiger partial charge in [0.15, 0.2) is 0 Å². The fourth-order valence-electron chi connectivity index (χ4n) is 1.93. The van der Waals surface area contributed by atoms with E-state index in [-0.39, 0.29) is 4.83 Å². The van der Waals surface area contributed by atoms with Crippen molar-refractivity contribution >= 4 is 15.9 Å². The van der Waals surface area contributed by atoms with Crippen molar-refractivity contribution in [2.24, 2.45) is 0 Å². The number of aromatic nitrogens is 3. The van der Waals surface area contributed by atoms with Crippen LogP contribution in [-0.4, -0.2) is 15.0 Å². The van der Waals surface area contributed by atoms with Gasteiger partial charge < -0.3 is 0 Å². The van der Waals surface area contributed by atoms with Crippen LogP contribution in [0.2, 0.25) is 0 Å². The van der Waals surface area contributed by atoms with E-state index < -0.39 is 0 Å². The summed E-state index contributed by atoms with van der Waals surface area (Å²) >= 11 is 3.60. The van der Waals surface area contributed by atoms with Crippen molar-refractivity contribution < 1.29 is 0 Å². The molecule has 1 aromatic heterocycles. The van der Waals surface area contributed by atoms with Crippen LogP contribution < -0.4 is 0 Å². The highest BCUT2D eigenvalue weighted by Gasteiger charge is 2.13. The van der Waals surface area contributed by atoms with Crippen LogP contribution in [0.25, 0.3) is 5.69 Å². The fraction of sp³-hybridized carbons (Fsp3) is 0.429. The first-order valence-electron chi connectivity index (χ1n) is 6.29. The molecule has 0 aliphatic heterocycles. The van der Waals surface area contributed by atoms with E-state index in [0.29, 0.717) is 5.92 Å². The monoisotopic (exact) mass is 307 g/mol. The fourth-order valence-corrected chi connectivity index (χ4v) is 2.14. The average Bonchev–Trinajstić information content (AvgIpc) is 2.87. The van der Waals surface area contributed by atoms with Gasteiger partial charge in [0.2, 0.25) is 0 Å². The highest BCUT2D eigenvalue weighted by Crippen LogP contribution is 2.26. The first-order chi connectivity index (χ1) is 8.63. The molecule has 2 aromatic rings. The summed E-state index contributed by atoms with van der Waals surface area (Å²) in [7, 11) is 0. The lowest BCUT2D eigenvalue weighted by Gasteiger charge is -2.11. The summed E-state index contributed by atoms with van der Waals surface area (Å²) in [5, 5.41) is 8.47. The second kappa shape index (κ2) is 5.65. The van der Waals surface area contributed by atoms with Crippen molar-refractivity contribution in [1.82, 2.24) is 15.0 Å². The molecular weight excluding hydrogens is 290 g/mol. The van der Waals surface area contributed by atoms with E-state index in [1.54, 1.807) is 0 Å². The van der Waals surface area contributed by atoms with Gasteiger partial charge in [-0.15, -0.1) is 5.10 Å². The number of hydrogen-bond donors (Lipinski definition) is 0. The highest BCUT2D eigenvalue weighted by atomic mass is 79.9. The van der Waals surface area contributed by atoms with Gasteiger partial charge in [-0.05, 0) is 24.0 Å². The Morgan fingerprint density at radius 2 is 2.00 bits per heavy atom. The maximum atomic E-state index is 4.24. The van der Waals surface area contributed by atoms with Gasteiger partial charge in [0.25, 0.3) is 0 Å². The van der Waals surface area contributed by atoms with Gasteiger partial charge >= 0.3 is 0 Å². The molecule has 0 N–H and O–H groups in total. The van der Waals surface area contributed by atoms with Crippen LogP contribution in [-0.2, 0) is 0 Å². The Bertz CT molecular complexity index is 519. The first-order valence-corrected chi connectivity index (χ1v) is 7.20. The Morgan fingerprint density at radius 3 is 2.67 bits per heavy atom. The van der Waals surface area contributed by atoms with Gasteiger partial charge in [-0.2, -0.15) is 0 Å². The van der Waals surface area contributed by atoms with Crippen molar-refractivity contribution in [3.63, 3.8) is 0 Å². The molecule has 0 radical (unpaired) electrons. The zero-order valence-electron chi connectivity index (χ0n) is 11.0. The third-order valence-corrected chi connectivity index (χ3v) is 4.11. The lowest BCUT2D eigenvalue weighted by atomic mass is 10.0. The Hall–Kier alpha value is -1.16. The van der Waals surface area contributed by atoms with E-state index >= 15 is 0 Å². The van der Waals surface area contributed by atoms with Crippen molar-refractivity contribution in [3.05, 3.63) is 41.7 Å². The molecule has 1 unspecified atom stereocenters. The second-order valence-electron chi connectivity index (χ2n) is 4.68. The summed E-state index contributed by atoms with van der Waals surface area (Å²) in [4.78, 5) is 0.275. The molecule has 1 heterocycles. The molecule has 0 aliphatic rings. The van der Waals surface area contributed by atoms with Crippen LogP contribution in [0.15, 0.2) is 30.5 Å². The molecule has 2 rings (SSSR count). The van der Waals surface area contributed by atoms with E-state index in [2.05, 4.69) is 65.2 Å². The van der Waals surface area contributed by atoms with Gasteiger partial charge in [0, 0.05) is 0 Å². The van der Waals surface area contributed by atoms with E-state index in [4.69, 9.17) is 0 Å². The van der Waals surface area contributed by atoms with Crippen LogP contribution in [0.5, 0.6) is 0 Å². The lowest BCUT2D eigenvalue weighted by Crippen LogP contribution is -2.01. The average molecular weight is 308 g/mol. The van der Waals surface area contributed by atoms with Crippen molar-refractivity contribution in [2.45, 2.75) is 37.9 Å². The number of hydrogen-bond acceptors (Lipinski definition) is 2. The highest BCUT2D eigenvalue weighted by molar-refractivity contribution is 9.09. The number of alkyl halides is 1. The zero-order chi connectivity index (χ0) is 13.1. The Kier molecular flexibility index (Phi) is 4.17. The summed E-state index contributed by atoms with van der Waals surface area (Å²) in [6.07, 6.45) is 3.01. The smallest absolute Gasteiger partial charge is 0.0967 e. The van der Waals surface area contributed by atoms with Gasteiger partial charge in [-0.1, -0.05) is 60.1 Å². The zero-order valence-corrected chi connectivity index (χ0v) is 12.6. The molecule has 0 bridgehead atoms. The summed E-state index contributed by atoms with van der Waals surface area (Å²) in [5.74, 6) is 0.472. The molecule has 96 valence electrons. The normalized spacial score (nSPS) is 12.9. The molecule has 18 heavy (non-hydrogen) atoms. The molecule has 4 heteroatoms. The first kappa shape index (κ1) is 13.3. The van der Waals surface area contributed by atoms with Crippen LogP contribution >= 0.6 is 15.9 Å². The van der Waals surface area contributed by atoms with Crippen molar-refractivity contribution in [2.75, 3.05) is 0 Å². The third-order valence-electron chi connectivity index (χ3n) is 3.00. The molecule has 1 atom stereocenters. The number of halogens is 1. The van der Waals surface area contributed by atoms with Crippen LogP contribution in [0.3, 0.4) is 0 Å². The Morgan fingerprint density at radius 1 is 1.28 bits per heavy atom. The van der Waals surface area contributed by atoms with Gasteiger partial charge in [-0.25, -0.2) is 4.68 Å². The minimum atomic E-state index is 0.275. The van der Waals surface area contributed by atoms with Gasteiger partial charge in [-0.3, -0.25) is 0 Å². The van der Waals surface area contributed by atoms with E-state index in [0.717, 1.165) is 17.8 Å². The van der Waals surface area contributed by atoms with Crippen LogP contribution in [0.1, 0.15) is 49.2 Å². The van der Waals surface area contributed by atoms with E-state index in [1.807, 2.05) is 16.9 Å². The number of nitrogens with zero attached hydrogens (tertiary/aromatic N) is 3. The molecule has 0 fully saturated rings.